The zero-order valence-corrected chi connectivity index (χ0v) is 6.00. The van der Waals surface area contributed by atoms with E-state index in [9.17, 15) is 4.79 Å². The van der Waals surface area contributed by atoms with Gasteiger partial charge >= 0.3 is 5.97 Å². The van der Waals surface area contributed by atoms with Crippen LogP contribution in [0.3, 0.4) is 0 Å². The zero-order valence-electron chi connectivity index (χ0n) is 5.25. The molecule has 0 heterocycles. The van der Waals surface area contributed by atoms with Crippen LogP contribution < -0.4 is 0 Å². The van der Waals surface area contributed by atoms with Crippen molar-refractivity contribution in [3.8, 4) is 0 Å². The molecule has 10 heavy (non-hydrogen) atoms. The van der Waals surface area contributed by atoms with Crippen molar-refractivity contribution in [3.05, 3.63) is 25.4 Å². The molecule has 0 aliphatic heterocycles. The van der Waals surface area contributed by atoms with Crippen molar-refractivity contribution in [2.45, 2.75) is 0 Å². The molecule has 0 saturated heterocycles. The van der Waals surface area contributed by atoms with E-state index in [0.717, 1.165) is 6.26 Å². The van der Waals surface area contributed by atoms with Crippen LogP contribution >= 0.6 is 11.6 Å². The third kappa shape index (κ3) is 5.18. The van der Waals surface area contributed by atoms with Gasteiger partial charge in [-0.25, -0.2) is 0 Å². The van der Waals surface area contributed by atoms with Crippen molar-refractivity contribution in [3.63, 3.8) is 0 Å². The van der Waals surface area contributed by atoms with E-state index in [1.54, 1.807) is 0 Å². The Morgan fingerprint density at radius 3 is 2.80 bits per heavy atom. The molecule has 56 valence electrons. The SMILES string of the molecule is C=COC=COC(=O)CCl. The van der Waals surface area contributed by atoms with Crippen molar-refractivity contribution >= 4 is 17.6 Å². The maximum Gasteiger partial charge on any atom is 0.325 e. The van der Waals surface area contributed by atoms with Crippen LogP contribution in [0.2, 0.25) is 0 Å². The van der Waals surface area contributed by atoms with Crippen LogP contribution in [-0.2, 0) is 14.3 Å². The maximum atomic E-state index is 10.3. The van der Waals surface area contributed by atoms with Gasteiger partial charge in [0.1, 0.15) is 18.4 Å². The van der Waals surface area contributed by atoms with Crippen LogP contribution in [0, 0.1) is 0 Å². The van der Waals surface area contributed by atoms with Crippen molar-refractivity contribution in [1.29, 1.82) is 0 Å². The Kier molecular flexibility index (Phi) is 5.57. The molecule has 0 atom stereocenters. The molecular formula is C6H7ClO3. The lowest BCUT2D eigenvalue weighted by molar-refractivity contribution is -0.135. The number of halogens is 1. The van der Waals surface area contributed by atoms with Crippen LogP contribution in [0.4, 0.5) is 0 Å². The molecule has 4 heteroatoms. The van der Waals surface area contributed by atoms with Crippen LogP contribution in [0.1, 0.15) is 0 Å². The van der Waals surface area contributed by atoms with E-state index in [1.807, 2.05) is 0 Å². The molecule has 0 unspecified atom stereocenters. The summed E-state index contributed by atoms with van der Waals surface area (Å²) >= 11 is 5.10. The van der Waals surface area contributed by atoms with Crippen molar-refractivity contribution in [2.75, 3.05) is 5.88 Å². The summed E-state index contributed by atoms with van der Waals surface area (Å²) in [6.45, 7) is 3.26. The molecule has 3 nitrogen and oxygen atoms in total. The molecule has 0 aliphatic carbocycles. The average molecular weight is 163 g/mol. The fourth-order valence-electron chi connectivity index (χ4n) is 0.223. The summed E-state index contributed by atoms with van der Waals surface area (Å²) in [5, 5.41) is 0. The third-order valence-electron chi connectivity index (χ3n) is 0.539. The minimum absolute atomic E-state index is 0.168. The highest BCUT2D eigenvalue weighted by Gasteiger charge is 1.93. The number of rotatable bonds is 4. The van der Waals surface area contributed by atoms with Gasteiger partial charge in [0.05, 0.1) is 6.26 Å². The Bertz CT molecular complexity index is 142. The van der Waals surface area contributed by atoms with Crippen LogP contribution in [-0.4, -0.2) is 11.8 Å². The summed E-state index contributed by atoms with van der Waals surface area (Å²) in [7, 11) is 0. The van der Waals surface area contributed by atoms with Gasteiger partial charge in [0.2, 0.25) is 0 Å². The van der Waals surface area contributed by atoms with Gasteiger partial charge in [-0.15, -0.1) is 11.6 Å². The second-order valence-electron chi connectivity index (χ2n) is 1.20. The second-order valence-corrected chi connectivity index (χ2v) is 1.47. The predicted molar refractivity (Wildman–Crippen MR) is 37.2 cm³/mol. The minimum atomic E-state index is -0.523. The Morgan fingerprint density at radius 2 is 2.30 bits per heavy atom. The summed E-state index contributed by atoms with van der Waals surface area (Å²) in [4.78, 5) is 10.3. The van der Waals surface area contributed by atoms with Gasteiger partial charge in [0.15, 0.2) is 0 Å². The second kappa shape index (κ2) is 6.16. The van der Waals surface area contributed by atoms with Gasteiger partial charge in [-0.1, -0.05) is 6.58 Å². The molecule has 0 fully saturated rings. The summed E-state index contributed by atoms with van der Waals surface area (Å²) in [6.07, 6.45) is 3.47. The number of ether oxygens (including phenoxy) is 2. The molecule has 0 bridgehead atoms. The van der Waals surface area contributed by atoms with E-state index in [1.165, 1.54) is 12.5 Å². The van der Waals surface area contributed by atoms with E-state index in [2.05, 4.69) is 16.1 Å². The molecule has 0 saturated carbocycles. The van der Waals surface area contributed by atoms with Gasteiger partial charge in [-0.3, -0.25) is 4.79 Å². The van der Waals surface area contributed by atoms with Crippen LogP contribution in [0.25, 0.3) is 0 Å². The van der Waals surface area contributed by atoms with E-state index in [0.29, 0.717) is 0 Å². The minimum Gasteiger partial charge on any atom is -0.470 e. The van der Waals surface area contributed by atoms with Crippen molar-refractivity contribution in [1.82, 2.24) is 0 Å². The van der Waals surface area contributed by atoms with Gasteiger partial charge in [-0.05, 0) is 0 Å². The number of carbonyl (C=O) groups excluding carboxylic acids is 1. The zero-order chi connectivity index (χ0) is 7.82. The van der Waals surface area contributed by atoms with Gasteiger partial charge in [0.25, 0.3) is 0 Å². The molecule has 0 aromatic rings. The first kappa shape index (κ1) is 9.04. The van der Waals surface area contributed by atoms with Gasteiger partial charge in [-0.2, -0.15) is 0 Å². The number of esters is 1. The smallest absolute Gasteiger partial charge is 0.325 e. The van der Waals surface area contributed by atoms with Crippen LogP contribution in [0.5, 0.6) is 0 Å². The monoisotopic (exact) mass is 162 g/mol. The first-order valence-corrected chi connectivity index (χ1v) is 3.01. The number of carbonyl (C=O) groups is 1. The van der Waals surface area contributed by atoms with Crippen LogP contribution in [0.15, 0.2) is 25.4 Å². The standard InChI is InChI=1S/C6H7ClO3/c1-2-9-3-4-10-6(8)5-7/h2-4H,1,5H2. The number of hydrogen-bond acceptors (Lipinski definition) is 3. The molecule has 0 aliphatic rings. The fourth-order valence-corrected chi connectivity index (χ4v) is 0.286. The lowest BCUT2D eigenvalue weighted by Crippen LogP contribution is -1.99. The van der Waals surface area contributed by atoms with E-state index in [-0.39, 0.29) is 5.88 Å². The highest BCUT2D eigenvalue weighted by molar-refractivity contribution is 6.26. The van der Waals surface area contributed by atoms with E-state index >= 15 is 0 Å². The Morgan fingerprint density at radius 1 is 1.60 bits per heavy atom. The van der Waals surface area contributed by atoms with Crippen molar-refractivity contribution in [2.24, 2.45) is 0 Å². The first-order chi connectivity index (χ1) is 4.81. The maximum absolute atomic E-state index is 10.3. The Labute approximate surface area is 63.9 Å². The number of alkyl halides is 1. The summed E-state index contributed by atoms with van der Waals surface area (Å²) in [5.41, 5.74) is 0. The predicted octanol–water partition coefficient (Wildman–Crippen LogP) is 1.40. The van der Waals surface area contributed by atoms with E-state index in [4.69, 9.17) is 11.6 Å². The van der Waals surface area contributed by atoms with Gasteiger partial charge < -0.3 is 9.47 Å². The molecule has 0 aromatic carbocycles. The summed E-state index contributed by atoms with van der Waals surface area (Å²) in [5.74, 6) is -0.691. The normalized spacial score (nSPS) is 9.30. The summed E-state index contributed by atoms with van der Waals surface area (Å²) in [6, 6.07) is 0. The molecule has 0 radical (unpaired) electrons. The Hall–Kier alpha value is -0.960. The largest absolute Gasteiger partial charge is 0.470 e. The Balaban J connectivity index is 3.33. The highest BCUT2D eigenvalue weighted by Crippen LogP contribution is 1.84. The average Bonchev–Trinajstić information content (AvgIpc) is 1.98. The lowest BCUT2D eigenvalue weighted by Gasteiger charge is -1.91. The molecule has 0 N–H and O–H groups in total. The fraction of sp³-hybridized carbons (Fsp3) is 0.167. The summed E-state index contributed by atoms with van der Waals surface area (Å²) < 4.78 is 8.86. The molecule has 0 aromatic heterocycles. The highest BCUT2D eigenvalue weighted by atomic mass is 35.5. The van der Waals surface area contributed by atoms with Gasteiger partial charge in [0, 0.05) is 0 Å². The van der Waals surface area contributed by atoms with Crippen molar-refractivity contribution < 1.29 is 14.3 Å². The molecule has 0 rings (SSSR count). The third-order valence-corrected chi connectivity index (χ3v) is 0.757. The molecular weight excluding hydrogens is 156 g/mol. The number of hydrogen-bond donors (Lipinski definition) is 0. The first-order valence-electron chi connectivity index (χ1n) is 2.48. The quantitative estimate of drug-likeness (QED) is 0.356. The molecule has 0 amide bonds. The lowest BCUT2D eigenvalue weighted by atomic mass is 10.8. The molecule has 0 spiro atoms. The van der Waals surface area contributed by atoms with E-state index < -0.39 is 5.97 Å². The topological polar surface area (TPSA) is 35.5 Å².